The molecular formula is C14H23NO3. The van der Waals surface area contributed by atoms with Gasteiger partial charge in [0.25, 0.3) is 0 Å². The van der Waals surface area contributed by atoms with E-state index in [1.807, 2.05) is 18.0 Å². The first-order valence-corrected chi connectivity index (χ1v) is 6.09. The van der Waals surface area contributed by atoms with Crippen molar-refractivity contribution in [2.75, 3.05) is 27.3 Å². The molecule has 102 valence electrons. The fourth-order valence-corrected chi connectivity index (χ4v) is 1.94. The second kappa shape index (κ2) is 6.73. The van der Waals surface area contributed by atoms with Gasteiger partial charge in [-0.2, -0.15) is 0 Å². The number of aliphatic hydroxyl groups excluding tert-OH is 2. The quantitative estimate of drug-likeness (QED) is 0.797. The third-order valence-corrected chi connectivity index (χ3v) is 3.07. The van der Waals surface area contributed by atoms with E-state index in [1.165, 1.54) is 11.1 Å². The molecular weight excluding hydrogens is 230 g/mol. The molecule has 0 saturated carbocycles. The molecule has 0 aliphatic rings. The molecule has 1 rings (SSSR count). The van der Waals surface area contributed by atoms with Crippen molar-refractivity contribution in [1.29, 1.82) is 0 Å². The van der Waals surface area contributed by atoms with E-state index in [2.05, 4.69) is 19.9 Å². The van der Waals surface area contributed by atoms with Crippen molar-refractivity contribution in [1.82, 2.24) is 4.90 Å². The zero-order valence-corrected chi connectivity index (χ0v) is 11.6. The summed E-state index contributed by atoms with van der Waals surface area (Å²) in [7, 11) is 3.57. The predicted molar refractivity (Wildman–Crippen MR) is 71.9 cm³/mol. The molecule has 0 heterocycles. The summed E-state index contributed by atoms with van der Waals surface area (Å²) in [4.78, 5) is 1.97. The van der Waals surface area contributed by atoms with Gasteiger partial charge in [0, 0.05) is 18.7 Å². The van der Waals surface area contributed by atoms with Crippen LogP contribution < -0.4 is 4.74 Å². The summed E-state index contributed by atoms with van der Waals surface area (Å²) in [6.45, 7) is 5.03. The van der Waals surface area contributed by atoms with E-state index in [0.29, 0.717) is 13.1 Å². The molecule has 0 spiro atoms. The minimum atomic E-state index is -0.701. The van der Waals surface area contributed by atoms with Crippen LogP contribution in [-0.2, 0) is 6.54 Å². The minimum Gasteiger partial charge on any atom is -0.496 e. The number of aryl methyl sites for hydroxylation is 2. The van der Waals surface area contributed by atoms with Crippen LogP contribution in [0.1, 0.15) is 16.7 Å². The molecule has 0 aromatic heterocycles. The number of ether oxygens (including phenoxy) is 1. The SMILES string of the molecule is COc1cc(C)c(C)cc1CN(C)CC(O)CO. The molecule has 0 amide bonds. The lowest BCUT2D eigenvalue weighted by molar-refractivity contribution is 0.0646. The highest BCUT2D eigenvalue weighted by atomic mass is 16.5. The number of hydrogen-bond acceptors (Lipinski definition) is 4. The summed E-state index contributed by atoms with van der Waals surface area (Å²) >= 11 is 0. The second-order valence-electron chi connectivity index (χ2n) is 4.78. The second-order valence-corrected chi connectivity index (χ2v) is 4.78. The largest absolute Gasteiger partial charge is 0.496 e. The topological polar surface area (TPSA) is 52.9 Å². The Morgan fingerprint density at radius 1 is 1.28 bits per heavy atom. The van der Waals surface area contributed by atoms with Crippen molar-refractivity contribution in [2.45, 2.75) is 26.5 Å². The highest BCUT2D eigenvalue weighted by molar-refractivity contribution is 5.41. The first kappa shape index (κ1) is 15.0. The number of hydrogen-bond donors (Lipinski definition) is 2. The van der Waals surface area contributed by atoms with Gasteiger partial charge in [-0.1, -0.05) is 6.07 Å². The summed E-state index contributed by atoms with van der Waals surface area (Å²) in [5, 5.41) is 18.2. The fraction of sp³-hybridized carbons (Fsp3) is 0.571. The van der Waals surface area contributed by atoms with Crippen molar-refractivity contribution in [3.8, 4) is 5.75 Å². The van der Waals surface area contributed by atoms with E-state index in [0.717, 1.165) is 11.3 Å². The fourth-order valence-electron chi connectivity index (χ4n) is 1.94. The zero-order chi connectivity index (χ0) is 13.7. The predicted octanol–water partition coefficient (Wildman–Crippen LogP) is 1.10. The van der Waals surface area contributed by atoms with Crippen LogP contribution in [0, 0.1) is 13.8 Å². The number of aliphatic hydroxyl groups is 2. The van der Waals surface area contributed by atoms with Crippen LogP contribution in [-0.4, -0.2) is 48.5 Å². The van der Waals surface area contributed by atoms with Crippen LogP contribution in [0.2, 0.25) is 0 Å². The molecule has 18 heavy (non-hydrogen) atoms. The average Bonchev–Trinajstić information content (AvgIpc) is 2.33. The van der Waals surface area contributed by atoms with E-state index < -0.39 is 6.10 Å². The highest BCUT2D eigenvalue weighted by Crippen LogP contribution is 2.24. The van der Waals surface area contributed by atoms with Gasteiger partial charge in [-0.05, 0) is 38.1 Å². The highest BCUT2D eigenvalue weighted by Gasteiger charge is 2.11. The number of likely N-dealkylation sites (N-methyl/N-ethyl adjacent to an activating group) is 1. The Morgan fingerprint density at radius 3 is 2.44 bits per heavy atom. The van der Waals surface area contributed by atoms with Gasteiger partial charge < -0.3 is 14.9 Å². The third kappa shape index (κ3) is 3.98. The van der Waals surface area contributed by atoms with Crippen LogP contribution in [0.5, 0.6) is 5.75 Å². The van der Waals surface area contributed by atoms with Crippen molar-refractivity contribution in [2.24, 2.45) is 0 Å². The van der Waals surface area contributed by atoms with E-state index in [-0.39, 0.29) is 6.61 Å². The van der Waals surface area contributed by atoms with Crippen LogP contribution >= 0.6 is 0 Å². The molecule has 0 bridgehead atoms. The molecule has 4 nitrogen and oxygen atoms in total. The normalized spacial score (nSPS) is 12.8. The maximum Gasteiger partial charge on any atom is 0.123 e. The standard InChI is InChI=1S/C14H23NO3/c1-10-5-12(14(18-4)6-11(10)2)7-15(3)8-13(17)9-16/h5-6,13,16-17H,7-9H2,1-4H3. The summed E-state index contributed by atoms with van der Waals surface area (Å²) < 4.78 is 5.37. The molecule has 0 fully saturated rings. The maximum absolute atomic E-state index is 9.41. The van der Waals surface area contributed by atoms with Crippen LogP contribution in [0.3, 0.4) is 0 Å². The van der Waals surface area contributed by atoms with Gasteiger partial charge >= 0.3 is 0 Å². The van der Waals surface area contributed by atoms with E-state index in [4.69, 9.17) is 9.84 Å². The average molecular weight is 253 g/mol. The van der Waals surface area contributed by atoms with Crippen LogP contribution in [0.15, 0.2) is 12.1 Å². The molecule has 0 aliphatic heterocycles. The van der Waals surface area contributed by atoms with Gasteiger partial charge in [0.1, 0.15) is 5.75 Å². The Kier molecular flexibility index (Phi) is 5.59. The van der Waals surface area contributed by atoms with Gasteiger partial charge in [0.15, 0.2) is 0 Å². The first-order valence-electron chi connectivity index (χ1n) is 6.09. The van der Waals surface area contributed by atoms with Gasteiger partial charge in [0.05, 0.1) is 19.8 Å². The van der Waals surface area contributed by atoms with Gasteiger partial charge in [-0.15, -0.1) is 0 Å². The molecule has 1 atom stereocenters. The van der Waals surface area contributed by atoms with E-state index >= 15 is 0 Å². The van der Waals surface area contributed by atoms with Crippen LogP contribution in [0.4, 0.5) is 0 Å². The lowest BCUT2D eigenvalue weighted by Crippen LogP contribution is -2.31. The minimum absolute atomic E-state index is 0.214. The number of nitrogens with zero attached hydrogens (tertiary/aromatic N) is 1. The summed E-state index contributed by atoms with van der Waals surface area (Å²) in [6, 6.07) is 4.14. The molecule has 1 aromatic rings. The molecule has 0 radical (unpaired) electrons. The summed E-state index contributed by atoms with van der Waals surface area (Å²) in [5.74, 6) is 0.864. The Morgan fingerprint density at radius 2 is 1.89 bits per heavy atom. The van der Waals surface area contributed by atoms with E-state index in [1.54, 1.807) is 7.11 Å². The summed E-state index contributed by atoms with van der Waals surface area (Å²) in [5.41, 5.74) is 3.52. The van der Waals surface area contributed by atoms with Crippen molar-refractivity contribution >= 4 is 0 Å². The molecule has 0 saturated heterocycles. The molecule has 4 heteroatoms. The number of benzene rings is 1. The maximum atomic E-state index is 9.41. The lowest BCUT2D eigenvalue weighted by atomic mass is 10.0. The monoisotopic (exact) mass is 253 g/mol. The molecule has 2 N–H and O–H groups in total. The first-order chi connectivity index (χ1) is 8.47. The van der Waals surface area contributed by atoms with Crippen LogP contribution in [0.25, 0.3) is 0 Å². The number of rotatable bonds is 6. The molecule has 1 aromatic carbocycles. The third-order valence-electron chi connectivity index (χ3n) is 3.07. The lowest BCUT2D eigenvalue weighted by Gasteiger charge is -2.21. The Labute approximate surface area is 109 Å². The Balaban J connectivity index is 2.80. The van der Waals surface area contributed by atoms with Crippen molar-refractivity contribution < 1.29 is 14.9 Å². The zero-order valence-electron chi connectivity index (χ0n) is 11.6. The van der Waals surface area contributed by atoms with Gasteiger partial charge in [0.2, 0.25) is 0 Å². The number of methoxy groups -OCH3 is 1. The van der Waals surface area contributed by atoms with Gasteiger partial charge in [-0.25, -0.2) is 0 Å². The van der Waals surface area contributed by atoms with Crippen molar-refractivity contribution in [3.63, 3.8) is 0 Å². The molecule has 0 aliphatic carbocycles. The van der Waals surface area contributed by atoms with E-state index in [9.17, 15) is 5.11 Å². The van der Waals surface area contributed by atoms with Crippen molar-refractivity contribution in [3.05, 3.63) is 28.8 Å². The Hall–Kier alpha value is -1.10. The van der Waals surface area contributed by atoms with Gasteiger partial charge in [-0.3, -0.25) is 4.90 Å². The summed E-state index contributed by atoms with van der Waals surface area (Å²) in [6.07, 6.45) is -0.701. The smallest absolute Gasteiger partial charge is 0.123 e. The Bertz CT molecular complexity index is 393. The molecule has 1 unspecified atom stereocenters.